The highest BCUT2D eigenvalue weighted by atomic mass is 31.2. The second-order valence-corrected chi connectivity index (χ2v) is 14.7. The summed E-state index contributed by atoms with van der Waals surface area (Å²) in [7, 11) is -7.61. The largest absolute Gasteiger partial charge is 0.405 e. The van der Waals surface area contributed by atoms with Crippen LogP contribution in [-0.4, -0.2) is 59.0 Å². The van der Waals surface area contributed by atoms with E-state index in [2.05, 4.69) is 10.6 Å². The molecule has 0 aromatic carbocycles. The van der Waals surface area contributed by atoms with Crippen LogP contribution in [0.2, 0.25) is 0 Å². The smallest absolute Gasteiger partial charge is 0.219 e. The summed E-state index contributed by atoms with van der Waals surface area (Å²) in [6, 6.07) is 0. The van der Waals surface area contributed by atoms with Gasteiger partial charge in [0, 0.05) is 6.16 Å². The van der Waals surface area contributed by atoms with Crippen LogP contribution in [0.3, 0.4) is 0 Å². The fraction of sp³-hybridized carbons (Fsp3) is 0.586. The molecule has 11 heteroatoms. The zero-order valence-corrected chi connectivity index (χ0v) is 25.8. The van der Waals surface area contributed by atoms with E-state index in [4.69, 9.17) is 11.5 Å². The van der Waals surface area contributed by atoms with Crippen LogP contribution in [0.1, 0.15) is 64.2 Å². The van der Waals surface area contributed by atoms with Crippen molar-refractivity contribution in [2.75, 3.05) is 38.4 Å². The minimum Gasteiger partial charge on any atom is -0.405 e. The lowest BCUT2D eigenvalue weighted by molar-refractivity contribution is 0.286. The van der Waals surface area contributed by atoms with E-state index in [1.165, 1.54) is 50.9 Å². The predicted molar refractivity (Wildman–Crippen MR) is 171 cm³/mol. The van der Waals surface area contributed by atoms with Crippen molar-refractivity contribution in [1.29, 1.82) is 0 Å². The van der Waals surface area contributed by atoms with Crippen LogP contribution in [-0.2, 0) is 9.13 Å². The van der Waals surface area contributed by atoms with Crippen LogP contribution < -0.4 is 22.1 Å². The molecule has 0 heterocycles. The Bertz CT molecular complexity index is 888. The molecule has 0 spiro atoms. The SMILES string of the molecule is N\C=C/C=C/C=C/C=C/C=C/C=C/NCP(=O)(O)CC(CO)P(=O)(O)CNCCCCCCCCCCCCN. The van der Waals surface area contributed by atoms with Crippen molar-refractivity contribution in [2.45, 2.75) is 69.9 Å². The van der Waals surface area contributed by atoms with Crippen molar-refractivity contribution < 1.29 is 24.0 Å². The molecule has 0 saturated heterocycles. The number of hydrogen-bond acceptors (Lipinski definition) is 7. The summed E-state index contributed by atoms with van der Waals surface area (Å²) < 4.78 is 25.3. The fourth-order valence-electron chi connectivity index (χ4n) is 3.78. The second kappa shape index (κ2) is 26.2. The highest BCUT2D eigenvalue weighted by molar-refractivity contribution is 7.62. The number of rotatable bonds is 26. The number of nitrogens with one attached hydrogen (secondary N) is 2. The maximum absolute atomic E-state index is 12.7. The molecule has 230 valence electrons. The topological polar surface area (TPSA) is 171 Å². The van der Waals surface area contributed by atoms with Gasteiger partial charge in [-0.05, 0) is 50.5 Å². The molecule has 0 aliphatic carbocycles. The average molecular weight is 601 g/mol. The van der Waals surface area contributed by atoms with Crippen LogP contribution in [0.15, 0.2) is 73.2 Å². The number of aliphatic hydroxyl groups is 1. The van der Waals surface area contributed by atoms with Crippen molar-refractivity contribution in [3.63, 3.8) is 0 Å². The van der Waals surface area contributed by atoms with Gasteiger partial charge in [0.2, 0.25) is 14.7 Å². The molecule has 0 aliphatic rings. The highest BCUT2D eigenvalue weighted by Crippen LogP contribution is 2.52. The number of aliphatic hydroxyl groups excluding tert-OH is 1. The molecule has 9 nitrogen and oxygen atoms in total. The summed E-state index contributed by atoms with van der Waals surface area (Å²) in [5, 5.41) is 15.4. The third-order valence-corrected chi connectivity index (χ3v) is 10.2. The zero-order chi connectivity index (χ0) is 29.8. The zero-order valence-electron chi connectivity index (χ0n) is 24.0. The lowest BCUT2D eigenvalue weighted by Crippen LogP contribution is -2.27. The van der Waals surface area contributed by atoms with E-state index < -0.39 is 33.2 Å². The molecule has 9 N–H and O–H groups in total. The van der Waals surface area contributed by atoms with Crippen molar-refractivity contribution in [3.05, 3.63) is 73.2 Å². The molecule has 40 heavy (non-hydrogen) atoms. The van der Waals surface area contributed by atoms with Gasteiger partial charge in [-0.1, -0.05) is 100.0 Å². The van der Waals surface area contributed by atoms with Gasteiger partial charge in [0.15, 0.2) is 0 Å². The first-order valence-electron chi connectivity index (χ1n) is 14.4. The van der Waals surface area contributed by atoms with E-state index in [0.29, 0.717) is 6.54 Å². The molecule has 0 fully saturated rings. The van der Waals surface area contributed by atoms with Gasteiger partial charge in [-0.2, -0.15) is 0 Å². The van der Waals surface area contributed by atoms with Crippen LogP contribution >= 0.6 is 14.7 Å². The first-order chi connectivity index (χ1) is 19.3. The maximum atomic E-state index is 12.7. The number of allylic oxidation sites excluding steroid dienone is 10. The molecule has 0 rings (SSSR count). The lowest BCUT2D eigenvalue weighted by atomic mass is 10.1. The Balaban J connectivity index is 4.16. The Morgan fingerprint density at radius 3 is 1.65 bits per heavy atom. The van der Waals surface area contributed by atoms with E-state index in [0.717, 1.165) is 32.2 Å². The summed E-state index contributed by atoms with van der Waals surface area (Å²) >= 11 is 0. The standard InChI is InChI=1S/C29H54N4O5P2/c30-21-17-13-9-5-1-3-7-11-15-19-23-32-27-39(35,36)26-29(25-34)40(37,38)28-33-24-20-16-12-8-4-2-6-10-14-18-22-31/h1,3,5,7,9,11,13,15,17,19,21,23,29,32-34H,2,4,6,8,10,12,14,16,18,20,22,24-28,30-31H2,(H,35,36)(H,37,38)/b5-1+,7-3+,13-9+,15-11+,21-17-,23-19+. The summed E-state index contributed by atoms with van der Waals surface area (Å²) in [5.74, 6) is 0. The first kappa shape index (κ1) is 38.3. The quantitative estimate of drug-likeness (QED) is 0.0408. The van der Waals surface area contributed by atoms with E-state index >= 15 is 0 Å². The van der Waals surface area contributed by atoms with E-state index in [9.17, 15) is 24.0 Å². The molecule has 0 radical (unpaired) electrons. The summed E-state index contributed by atoms with van der Waals surface area (Å²) in [5.41, 5.74) is 9.57. The highest BCUT2D eigenvalue weighted by Gasteiger charge is 2.35. The van der Waals surface area contributed by atoms with Crippen LogP contribution in [0.25, 0.3) is 0 Å². The van der Waals surface area contributed by atoms with Gasteiger partial charge in [-0.15, -0.1) is 0 Å². The van der Waals surface area contributed by atoms with Crippen molar-refractivity contribution >= 4 is 14.7 Å². The van der Waals surface area contributed by atoms with Crippen LogP contribution in [0.4, 0.5) is 0 Å². The Morgan fingerprint density at radius 2 is 1.15 bits per heavy atom. The van der Waals surface area contributed by atoms with Crippen LogP contribution in [0, 0.1) is 0 Å². The maximum Gasteiger partial charge on any atom is 0.219 e. The van der Waals surface area contributed by atoms with Gasteiger partial charge < -0.3 is 37.0 Å². The van der Waals surface area contributed by atoms with Gasteiger partial charge in [0.1, 0.15) is 0 Å². The Hall–Kier alpha value is -1.70. The monoisotopic (exact) mass is 600 g/mol. The number of unbranched alkanes of at least 4 members (excludes halogenated alkanes) is 9. The fourth-order valence-corrected chi connectivity index (χ4v) is 7.85. The molecular weight excluding hydrogens is 546 g/mol. The third kappa shape index (κ3) is 24.1. The second-order valence-electron chi connectivity index (χ2n) is 9.75. The number of nitrogens with two attached hydrogens (primary N) is 2. The molecule has 0 bridgehead atoms. The molecule has 0 saturated carbocycles. The number of hydrogen-bond donors (Lipinski definition) is 7. The molecule has 0 aliphatic heterocycles. The molecule has 0 aromatic rings. The molecule has 3 unspecified atom stereocenters. The van der Waals surface area contributed by atoms with Gasteiger partial charge in [-0.25, -0.2) is 0 Å². The molecule has 0 amide bonds. The van der Waals surface area contributed by atoms with Crippen molar-refractivity contribution in [3.8, 4) is 0 Å². The van der Waals surface area contributed by atoms with Gasteiger partial charge >= 0.3 is 0 Å². The van der Waals surface area contributed by atoms with E-state index in [1.807, 2.05) is 36.5 Å². The molecule has 3 atom stereocenters. The van der Waals surface area contributed by atoms with E-state index in [-0.39, 0.29) is 12.6 Å². The minimum absolute atomic E-state index is 0.178. The van der Waals surface area contributed by atoms with Crippen molar-refractivity contribution in [1.82, 2.24) is 10.6 Å². The molecular formula is C29H54N4O5P2. The van der Waals surface area contributed by atoms with Gasteiger partial charge in [0.05, 0.1) is 24.8 Å². The first-order valence-corrected chi connectivity index (χ1v) is 18.3. The van der Waals surface area contributed by atoms with Crippen molar-refractivity contribution in [2.24, 2.45) is 11.5 Å². The predicted octanol–water partition coefficient (Wildman–Crippen LogP) is 5.05. The van der Waals surface area contributed by atoms with Gasteiger partial charge in [0.25, 0.3) is 0 Å². The Kier molecular flexibility index (Phi) is 25.1. The molecule has 0 aromatic heterocycles. The van der Waals surface area contributed by atoms with Crippen LogP contribution in [0.5, 0.6) is 0 Å². The minimum atomic E-state index is -3.84. The summed E-state index contributed by atoms with van der Waals surface area (Å²) in [6.45, 7) is 0.765. The lowest BCUT2D eigenvalue weighted by Gasteiger charge is -2.24. The summed E-state index contributed by atoms with van der Waals surface area (Å²) in [4.78, 5) is 20.7. The normalized spacial score (nSPS) is 16.7. The van der Waals surface area contributed by atoms with Gasteiger partial charge in [-0.3, -0.25) is 9.13 Å². The van der Waals surface area contributed by atoms with E-state index in [1.54, 1.807) is 24.3 Å². The average Bonchev–Trinajstić information content (AvgIpc) is 2.92. The Labute approximate surface area is 242 Å². The third-order valence-electron chi connectivity index (χ3n) is 6.09. The Morgan fingerprint density at radius 1 is 0.675 bits per heavy atom. The summed E-state index contributed by atoms with van der Waals surface area (Å²) in [6.07, 6.45) is 31.8.